The highest BCUT2D eigenvalue weighted by atomic mass is 16.6. The zero-order valence-electron chi connectivity index (χ0n) is 29.2. The van der Waals surface area contributed by atoms with Crippen LogP contribution in [-0.2, 0) is 23.9 Å². The fraction of sp³-hybridized carbons (Fsp3) is 0.694. The molecule has 3 heterocycles. The third-order valence-corrected chi connectivity index (χ3v) is 10.3. The number of hydrogen-bond acceptors (Lipinski definition) is 8. The van der Waals surface area contributed by atoms with Gasteiger partial charge < -0.3 is 39.8 Å². The maximum atomic E-state index is 14.2. The van der Waals surface area contributed by atoms with Gasteiger partial charge in [0.1, 0.15) is 35.1 Å². The summed E-state index contributed by atoms with van der Waals surface area (Å²) in [5.74, 6) is -1.31. The zero-order valence-corrected chi connectivity index (χ0v) is 29.2. The Morgan fingerprint density at radius 1 is 0.980 bits per heavy atom. The van der Waals surface area contributed by atoms with Crippen LogP contribution in [-0.4, -0.2) is 101 Å². The number of hydrogen-bond donors (Lipinski definition) is 3. The van der Waals surface area contributed by atoms with E-state index in [4.69, 9.17) is 14.2 Å². The predicted octanol–water partition coefficient (Wildman–Crippen LogP) is 4.58. The van der Waals surface area contributed by atoms with Crippen molar-refractivity contribution >= 4 is 30.0 Å². The van der Waals surface area contributed by atoms with E-state index in [2.05, 4.69) is 10.6 Å². The lowest BCUT2D eigenvalue weighted by molar-refractivity contribution is -0.146. The van der Waals surface area contributed by atoms with Crippen LogP contribution in [0.3, 0.4) is 0 Å². The van der Waals surface area contributed by atoms with Crippen molar-refractivity contribution in [2.75, 3.05) is 26.7 Å². The smallest absolute Gasteiger partial charge is 0.410 e. The fourth-order valence-corrected chi connectivity index (χ4v) is 7.60. The molecule has 0 unspecified atom stereocenters. The number of piperidine rings is 1. The van der Waals surface area contributed by atoms with Crippen LogP contribution < -0.4 is 15.4 Å². The van der Waals surface area contributed by atoms with Crippen molar-refractivity contribution in [3.05, 3.63) is 29.8 Å². The Bertz CT molecular complexity index is 1390. The van der Waals surface area contributed by atoms with E-state index in [1.165, 1.54) is 4.90 Å². The number of rotatable bonds is 5. The van der Waals surface area contributed by atoms with E-state index >= 15 is 0 Å². The Labute approximate surface area is 288 Å². The highest BCUT2D eigenvalue weighted by Gasteiger charge is 2.62. The number of nitrogens with one attached hydrogen (secondary N) is 2. The molecule has 0 aromatic heterocycles. The normalized spacial score (nSPS) is 28.6. The van der Waals surface area contributed by atoms with Crippen molar-refractivity contribution in [1.82, 2.24) is 20.4 Å². The molecular formula is C36H52N4O9. The minimum atomic E-state index is -1.37. The number of ether oxygens (including phenoxy) is 3. The number of benzene rings is 1. The zero-order chi connectivity index (χ0) is 35.3. The van der Waals surface area contributed by atoms with Gasteiger partial charge >= 0.3 is 18.2 Å². The number of carbonyl (C=O) groups excluding carboxylic acids is 4. The number of carbonyl (C=O) groups is 5. The van der Waals surface area contributed by atoms with Gasteiger partial charge in [-0.1, -0.05) is 50.3 Å². The second-order valence-electron chi connectivity index (χ2n) is 15.0. The Hall–Kier alpha value is -4.03. The van der Waals surface area contributed by atoms with E-state index in [1.807, 2.05) is 24.3 Å². The molecule has 1 saturated carbocycles. The fourth-order valence-electron chi connectivity index (χ4n) is 7.60. The van der Waals surface area contributed by atoms with E-state index in [0.29, 0.717) is 38.8 Å². The van der Waals surface area contributed by atoms with Crippen LogP contribution in [0.25, 0.3) is 0 Å². The molecule has 49 heavy (non-hydrogen) atoms. The van der Waals surface area contributed by atoms with Crippen molar-refractivity contribution in [2.45, 2.75) is 127 Å². The number of alkyl carbamates (subject to hydrolysis) is 1. The molecule has 13 nitrogen and oxygen atoms in total. The van der Waals surface area contributed by atoms with Gasteiger partial charge in [0.2, 0.25) is 11.8 Å². The number of amides is 4. The Morgan fingerprint density at radius 3 is 2.33 bits per heavy atom. The van der Waals surface area contributed by atoms with Gasteiger partial charge in [-0.3, -0.25) is 9.59 Å². The van der Waals surface area contributed by atoms with Gasteiger partial charge in [-0.25, -0.2) is 14.4 Å². The van der Waals surface area contributed by atoms with Crippen LogP contribution in [0.2, 0.25) is 0 Å². The van der Waals surface area contributed by atoms with E-state index in [9.17, 15) is 29.1 Å². The summed E-state index contributed by atoms with van der Waals surface area (Å²) in [4.78, 5) is 69.6. The molecule has 4 aliphatic rings. The molecule has 0 bridgehead atoms. The molecule has 0 radical (unpaired) electrons. The third-order valence-electron chi connectivity index (χ3n) is 10.3. The summed E-state index contributed by atoms with van der Waals surface area (Å²) in [5, 5.41) is 15.6. The first-order valence-corrected chi connectivity index (χ1v) is 17.7. The lowest BCUT2D eigenvalue weighted by atomic mass is 9.89. The molecule has 4 fully saturated rings. The number of aliphatic carboxylic acids is 1. The molecule has 1 aliphatic carbocycles. The largest absolute Gasteiger partial charge is 0.496 e. The summed E-state index contributed by atoms with van der Waals surface area (Å²) in [6.07, 6.45) is 4.96. The Morgan fingerprint density at radius 2 is 1.65 bits per heavy atom. The number of para-hydroxylation sites is 1. The first kappa shape index (κ1) is 36.3. The summed E-state index contributed by atoms with van der Waals surface area (Å²) >= 11 is 0. The third kappa shape index (κ3) is 8.77. The van der Waals surface area contributed by atoms with Gasteiger partial charge in [0.15, 0.2) is 0 Å². The minimum Gasteiger partial charge on any atom is -0.496 e. The van der Waals surface area contributed by atoms with Crippen molar-refractivity contribution < 1.29 is 43.3 Å². The molecule has 270 valence electrons. The summed E-state index contributed by atoms with van der Waals surface area (Å²) in [5.41, 5.74) is -1.05. The van der Waals surface area contributed by atoms with Crippen LogP contribution in [0.15, 0.2) is 24.3 Å². The standard InChI is InChI=1S/C36H52N4O9/c1-35(2,3)49-33(45)37-27-14-9-7-5-6-8-12-24-21-36(24,32(43)44)38-30(41)28-20-25(22-40(28)31(27)42)48-34(46)39-18-16-23(17-19-39)26-13-10-11-15-29(26)47-4/h10-11,13,15,23-25,27-28H,5-9,12,14,16-22H2,1-4H3,(H,37,45)(H,38,41)(H,43,44)/t24-,25-,27+,28+,36-/m1/s1. The summed E-state index contributed by atoms with van der Waals surface area (Å²) in [7, 11) is 1.65. The maximum Gasteiger partial charge on any atom is 0.410 e. The monoisotopic (exact) mass is 684 g/mol. The lowest BCUT2D eigenvalue weighted by Crippen LogP contribution is -2.56. The molecule has 0 spiro atoms. The Balaban J connectivity index is 1.31. The maximum absolute atomic E-state index is 14.2. The first-order chi connectivity index (χ1) is 23.3. The molecule has 3 N–H and O–H groups in total. The van der Waals surface area contributed by atoms with Crippen LogP contribution in [0.1, 0.15) is 103 Å². The second kappa shape index (κ2) is 15.2. The van der Waals surface area contributed by atoms with Gasteiger partial charge in [-0.15, -0.1) is 0 Å². The van der Waals surface area contributed by atoms with Crippen molar-refractivity contribution in [1.29, 1.82) is 0 Å². The average molecular weight is 685 g/mol. The van der Waals surface area contributed by atoms with Gasteiger partial charge in [-0.05, 0) is 76.3 Å². The first-order valence-electron chi connectivity index (χ1n) is 17.7. The second-order valence-corrected chi connectivity index (χ2v) is 15.0. The topological polar surface area (TPSA) is 164 Å². The van der Waals surface area contributed by atoms with Crippen LogP contribution in [0.4, 0.5) is 9.59 Å². The van der Waals surface area contributed by atoms with Gasteiger partial charge in [0.25, 0.3) is 0 Å². The number of fused-ring (bicyclic) bond motifs is 2. The van der Waals surface area contributed by atoms with Crippen molar-refractivity contribution in [3.63, 3.8) is 0 Å². The molecule has 1 aromatic rings. The van der Waals surface area contributed by atoms with Gasteiger partial charge in [-0.2, -0.15) is 0 Å². The molecule has 3 aliphatic heterocycles. The minimum absolute atomic E-state index is 0.0144. The van der Waals surface area contributed by atoms with Crippen LogP contribution in [0.5, 0.6) is 5.75 Å². The number of carboxylic acids is 1. The van der Waals surface area contributed by atoms with E-state index in [-0.39, 0.29) is 24.8 Å². The summed E-state index contributed by atoms with van der Waals surface area (Å²) in [6.45, 7) is 6.09. The number of methoxy groups -OCH3 is 1. The Kier molecular flexibility index (Phi) is 11.3. The summed E-state index contributed by atoms with van der Waals surface area (Å²) < 4.78 is 16.9. The van der Waals surface area contributed by atoms with Crippen molar-refractivity contribution in [3.8, 4) is 5.75 Å². The number of nitrogens with zero attached hydrogens (tertiary/aromatic N) is 2. The quantitative estimate of drug-likeness (QED) is 0.403. The average Bonchev–Trinajstić information content (AvgIpc) is 3.59. The number of likely N-dealkylation sites (tertiary alicyclic amines) is 1. The van der Waals surface area contributed by atoms with Crippen LogP contribution >= 0.6 is 0 Å². The SMILES string of the molecule is COc1ccccc1C1CCN(C(=O)O[C@@H]2C[C@H]3C(=O)N[C@]4(C(=O)O)C[C@H]4CCCCCCC[C@H](NC(=O)OC(C)(C)C)C(=O)N3C2)CC1. The molecule has 5 atom stereocenters. The molecule has 1 aromatic carbocycles. The number of carboxylic acid groups (broad SMARTS) is 1. The molecule has 4 amide bonds. The van der Waals surface area contributed by atoms with Gasteiger partial charge in [0.05, 0.1) is 13.7 Å². The highest BCUT2D eigenvalue weighted by molar-refractivity contribution is 5.96. The van der Waals surface area contributed by atoms with E-state index in [1.54, 1.807) is 32.8 Å². The molecule has 3 saturated heterocycles. The van der Waals surface area contributed by atoms with Gasteiger partial charge in [0, 0.05) is 19.5 Å². The van der Waals surface area contributed by atoms with Crippen molar-refractivity contribution in [2.24, 2.45) is 5.92 Å². The highest BCUT2D eigenvalue weighted by Crippen LogP contribution is 2.47. The molecule has 5 rings (SSSR count). The summed E-state index contributed by atoms with van der Waals surface area (Å²) in [6, 6.07) is 5.83. The van der Waals surface area contributed by atoms with Crippen LogP contribution in [0, 0.1) is 5.92 Å². The predicted molar refractivity (Wildman–Crippen MR) is 179 cm³/mol. The lowest BCUT2D eigenvalue weighted by Gasteiger charge is -2.32. The molecule has 13 heteroatoms. The van der Waals surface area contributed by atoms with E-state index < -0.39 is 59.3 Å². The van der Waals surface area contributed by atoms with E-state index in [0.717, 1.165) is 49.8 Å². The molecular weight excluding hydrogens is 632 g/mol.